The Morgan fingerprint density at radius 3 is 2.68 bits per heavy atom. The second-order valence-electron chi connectivity index (χ2n) is 4.36. The molecule has 1 amide bonds. The van der Waals surface area contributed by atoms with Crippen LogP contribution in [0.3, 0.4) is 0 Å². The Morgan fingerprint density at radius 2 is 2.11 bits per heavy atom. The lowest BCUT2D eigenvalue weighted by Gasteiger charge is -2.16. The summed E-state index contributed by atoms with van der Waals surface area (Å²) >= 11 is 1.64. The molecule has 0 saturated carbocycles. The van der Waals surface area contributed by atoms with Crippen LogP contribution in [0.15, 0.2) is 24.3 Å². The van der Waals surface area contributed by atoms with E-state index >= 15 is 0 Å². The number of aliphatic hydroxyl groups is 1. The highest BCUT2D eigenvalue weighted by Crippen LogP contribution is 2.06. The van der Waals surface area contributed by atoms with E-state index in [2.05, 4.69) is 5.32 Å². The van der Waals surface area contributed by atoms with Crippen LogP contribution in [0.4, 0.5) is 4.39 Å². The number of halogens is 1. The minimum absolute atomic E-state index is 0.0146. The van der Waals surface area contributed by atoms with Crippen molar-refractivity contribution in [1.82, 2.24) is 5.32 Å². The Morgan fingerprint density at radius 1 is 1.42 bits per heavy atom. The number of carbonyl (C=O) groups excluding carboxylic acids is 1. The van der Waals surface area contributed by atoms with Crippen LogP contribution in [0, 0.1) is 5.82 Å². The molecule has 1 aromatic carbocycles. The monoisotopic (exact) mass is 285 g/mol. The first-order valence-electron chi connectivity index (χ1n) is 6.29. The molecule has 3 nitrogen and oxygen atoms in total. The third-order valence-corrected chi connectivity index (χ3v) is 3.50. The highest BCUT2D eigenvalue weighted by atomic mass is 32.2. The van der Waals surface area contributed by atoms with Crippen molar-refractivity contribution >= 4 is 17.7 Å². The van der Waals surface area contributed by atoms with Crippen molar-refractivity contribution in [2.75, 3.05) is 18.6 Å². The van der Waals surface area contributed by atoms with Crippen molar-refractivity contribution in [2.24, 2.45) is 0 Å². The van der Waals surface area contributed by atoms with Crippen LogP contribution in [0.1, 0.15) is 18.4 Å². The van der Waals surface area contributed by atoms with E-state index in [1.54, 1.807) is 23.9 Å². The third-order valence-electron chi connectivity index (χ3n) is 2.76. The molecule has 0 aliphatic carbocycles. The van der Waals surface area contributed by atoms with E-state index < -0.39 is 0 Å². The van der Waals surface area contributed by atoms with Gasteiger partial charge in [-0.15, -0.1) is 0 Å². The average molecular weight is 285 g/mol. The van der Waals surface area contributed by atoms with Gasteiger partial charge in [0.2, 0.25) is 5.91 Å². The molecular formula is C14H20FNO2S. The smallest absolute Gasteiger partial charge is 0.220 e. The molecule has 0 spiro atoms. The summed E-state index contributed by atoms with van der Waals surface area (Å²) in [6, 6.07) is 6.19. The van der Waals surface area contributed by atoms with Gasteiger partial charge in [-0.1, -0.05) is 12.1 Å². The number of thioether (sulfide) groups is 1. The Labute approximate surface area is 117 Å². The van der Waals surface area contributed by atoms with Gasteiger partial charge in [0.25, 0.3) is 0 Å². The third kappa shape index (κ3) is 6.59. The lowest BCUT2D eigenvalue weighted by molar-refractivity contribution is -0.121. The van der Waals surface area contributed by atoms with Crippen LogP contribution in [-0.4, -0.2) is 35.7 Å². The maximum atomic E-state index is 12.7. The van der Waals surface area contributed by atoms with Gasteiger partial charge >= 0.3 is 0 Å². The van der Waals surface area contributed by atoms with E-state index in [4.69, 9.17) is 5.11 Å². The summed E-state index contributed by atoms with van der Waals surface area (Å²) in [6.07, 6.45) is 3.51. The quantitative estimate of drug-likeness (QED) is 0.768. The molecule has 0 radical (unpaired) electrons. The number of carbonyl (C=O) groups is 1. The zero-order valence-electron chi connectivity index (χ0n) is 11.1. The summed E-state index contributed by atoms with van der Waals surface area (Å²) in [6.45, 7) is 0.0729. The second kappa shape index (κ2) is 8.93. The number of hydrogen-bond acceptors (Lipinski definition) is 3. The Kier molecular flexibility index (Phi) is 7.52. The maximum Gasteiger partial charge on any atom is 0.220 e. The fraction of sp³-hybridized carbons (Fsp3) is 0.500. The summed E-state index contributed by atoms with van der Waals surface area (Å²) in [5, 5.41) is 11.8. The van der Waals surface area contributed by atoms with Crippen LogP contribution >= 0.6 is 11.8 Å². The van der Waals surface area contributed by atoms with E-state index in [-0.39, 0.29) is 24.4 Å². The average Bonchev–Trinajstić information content (AvgIpc) is 2.39. The van der Waals surface area contributed by atoms with Gasteiger partial charge in [-0.2, -0.15) is 11.8 Å². The maximum absolute atomic E-state index is 12.7. The van der Waals surface area contributed by atoms with E-state index in [0.717, 1.165) is 11.3 Å². The number of benzene rings is 1. The van der Waals surface area contributed by atoms with Gasteiger partial charge in [0, 0.05) is 24.8 Å². The lowest BCUT2D eigenvalue weighted by atomic mass is 10.1. The minimum Gasteiger partial charge on any atom is -0.396 e. The fourth-order valence-corrected chi connectivity index (χ4v) is 2.42. The minimum atomic E-state index is -0.267. The number of amides is 1. The Hall–Kier alpha value is -1.07. The molecule has 0 aliphatic rings. The predicted octanol–water partition coefficient (Wildman–Crippen LogP) is 1.99. The predicted molar refractivity (Wildman–Crippen MR) is 76.7 cm³/mol. The molecule has 1 atom stereocenters. The number of aliphatic hydroxyl groups excluding tert-OH is 1. The molecular weight excluding hydrogens is 265 g/mol. The first-order chi connectivity index (χ1) is 9.15. The first kappa shape index (κ1) is 16.0. The van der Waals surface area contributed by atoms with E-state index in [1.165, 1.54) is 12.1 Å². The molecule has 1 unspecified atom stereocenters. The second-order valence-corrected chi connectivity index (χ2v) is 5.27. The van der Waals surface area contributed by atoms with E-state index in [9.17, 15) is 9.18 Å². The topological polar surface area (TPSA) is 49.3 Å². The SMILES string of the molecule is CSCC(CCO)NC(=O)CCc1ccc(F)cc1. The number of rotatable bonds is 8. The summed E-state index contributed by atoms with van der Waals surface area (Å²) in [7, 11) is 0. The molecule has 0 aromatic heterocycles. The standard InChI is InChI=1S/C14H20FNO2S/c1-19-10-13(8-9-17)16-14(18)7-4-11-2-5-12(15)6-3-11/h2-3,5-6,13,17H,4,7-10H2,1H3,(H,16,18). The van der Waals surface area contributed by atoms with Crippen molar-refractivity contribution in [3.63, 3.8) is 0 Å². The van der Waals surface area contributed by atoms with Crippen LogP contribution < -0.4 is 5.32 Å². The molecule has 5 heteroatoms. The largest absolute Gasteiger partial charge is 0.396 e. The fourth-order valence-electron chi connectivity index (χ4n) is 1.76. The van der Waals surface area contributed by atoms with Crippen LogP contribution in [-0.2, 0) is 11.2 Å². The molecule has 0 aliphatic heterocycles. The zero-order chi connectivity index (χ0) is 14.1. The van der Waals surface area contributed by atoms with Crippen LogP contribution in [0.2, 0.25) is 0 Å². The zero-order valence-corrected chi connectivity index (χ0v) is 11.9. The molecule has 0 saturated heterocycles. The van der Waals surface area contributed by atoms with Gasteiger partial charge < -0.3 is 10.4 Å². The highest BCUT2D eigenvalue weighted by Gasteiger charge is 2.11. The summed E-state index contributed by atoms with van der Waals surface area (Å²) in [4.78, 5) is 11.8. The Bertz CT molecular complexity index is 378. The van der Waals surface area contributed by atoms with Crippen molar-refractivity contribution in [3.8, 4) is 0 Å². The first-order valence-corrected chi connectivity index (χ1v) is 7.68. The van der Waals surface area contributed by atoms with E-state index in [1.807, 2.05) is 6.26 Å². The molecule has 0 heterocycles. The highest BCUT2D eigenvalue weighted by molar-refractivity contribution is 7.98. The summed E-state index contributed by atoms with van der Waals surface area (Å²) in [5.41, 5.74) is 0.945. The van der Waals surface area contributed by atoms with Gasteiger partial charge in [-0.3, -0.25) is 4.79 Å². The Balaban J connectivity index is 2.35. The molecule has 1 aromatic rings. The summed E-state index contributed by atoms with van der Waals surface area (Å²) in [5.74, 6) is 0.496. The van der Waals surface area contributed by atoms with Gasteiger partial charge in [0.15, 0.2) is 0 Å². The van der Waals surface area contributed by atoms with Crippen LogP contribution in [0.25, 0.3) is 0 Å². The number of aryl methyl sites for hydroxylation is 1. The molecule has 19 heavy (non-hydrogen) atoms. The normalized spacial score (nSPS) is 12.2. The van der Waals surface area contributed by atoms with Gasteiger partial charge in [-0.05, 0) is 36.8 Å². The number of hydrogen-bond donors (Lipinski definition) is 2. The molecule has 2 N–H and O–H groups in total. The molecule has 0 bridgehead atoms. The summed E-state index contributed by atoms with van der Waals surface area (Å²) < 4.78 is 12.7. The van der Waals surface area contributed by atoms with Gasteiger partial charge in [0.1, 0.15) is 5.82 Å². The van der Waals surface area contributed by atoms with Gasteiger partial charge in [0.05, 0.1) is 0 Å². The molecule has 1 rings (SSSR count). The van der Waals surface area contributed by atoms with Crippen molar-refractivity contribution in [1.29, 1.82) is 0 Å². The number of nitrogens with one attached hydrogen (secondary N) is 1. The van der Waals surface area contributed by atoms with Crippen molar-refractivity contribution in [2.45, 2.75) is 25.3 Å². The van der Waals surface area contributed by atoms with Crippen molar-refractivity contribution in [3.05, 3.63) is 35.6 Å². The van der Waals surface area contributed by atoms with Crippen molar-refractivity contribution < 1.29 is 14.3 Å². The van der Waals surface area contributed by atoms with E-state index in [0.29, 0.717) is 19.3 Å². The molecule has 0 fully saturated rings. The molecule has 106 valence electrons. The van der Waals surface area contributed by atoms with Crippen LogP contribution in [0.5, 0.6) is 0 Å². The van der Waals surface area contributed by atoms with Gasteiger partial charge in [-0.25, -0.2) is 4.39 Å². The lowest BCUT2D eigenvalue weighted by Crippen LogP contribution is -2.37.